The Kier molecular flexibility index (Phi) is 4.99. The highest BCUT2D eigenvalue weighted by Crippen LogP contribution is 2.35. The number of ether oxygens (including phenoxy) is 1. The van der Waals surface area contributed by atoms with Crippen LogP contribution in [-0.4, -0.2) is 12.0 Å². The summed E-state index contributed by atoms with van der Waals surface area (Å²) in [6, 6.07) is 15.0. The zero-order valence-corrected chi connectivity index (χ0v) is 14.2. The molecule has 0 saturated heterocycles. The lowest BCUT2D eigenvalue weighted by molar-refractivity contribution is -0.384. The van der Waals surface area contributed by atoms with Gasteiger partial charge in [-0.25, -0.2) is 4.39 Å². The number of nitro benzene ring substituents is 1. The number of furan rings is 1. The average Bonchev–Trinajstić information content (AvgIpc) is 3.14. The number of nitriles is 1. The molecule has 2 aromatic carbocycles. The molecule has 0 N–H and O–H groups in total. The summed E-state index contributed by atoms with van der Waals surface area (Å²) in [7, 11) is 1.46. The second-order valence-electron chi connectivity index (χ2n) is 5.52. The van der Waals surface area contributed by atoms with Gasteiger partial charge in [-0.1, -0.05) is 12.1 Å². The summed E-state index contributed by atoms with van der Waals surface area (Å²) >= 11 is 0. The van der Waals surface area contributed by atoms with Crippen molar-refractivity contribution < 1.29 is 18.5 Å². The Labute approximate surface area is 153 Å². The van der Waals surface area contributed by atoms with Gasteiger partial charge in [0.25, 0.3) is 5.69 Å². The number of allylic oxidation sites excluding steroid dienone is 1. The van der Waals surface area contributed by atoms with E-state index in [2.05, 4.69) is 0 Å². The molecule has 3 aromatic rings. The van der Waals surface area contributed by atoms with Gasteiger partial charge in [0.1, 0.15) is 23.1 Å². The molecule has 0 aliphatic heterocycles. The molecule has 27 heavy (non-hydrogen) atoms. The quantitative estimate of drug-likeness (QED) is 0.358. The fourth-order valence-electron chi connectivity index (χ4n) is 2.53. The van der Waals surface area contributed by atoms with Crippen LogP contribution in [0.4, 0.5) is 10.1 Å². The predicted octanol–water partition coefficient (Wildman–Crippen LogP) is 5.07. The monoisotopic (exact) mass is 364 g/mol. The zero-order chi connectivity index (χ0) is 19.4. The minimum Gasteiger partial charge on any atom is -0.496 e. The van der Waals surface area contributed by atoms with Crippen LogP contribution in [0.2, 0.25) is 0 Å². The normalized spacial score (nSPS) is 11.1. The molecule has 0 atom stereocenters. The summed E-state index contributed by atoms with van der Waals surface area (Å²) < 4.78 is 24.0. The van der Waals surface area contributed by atoms with Gasteiger partial charge in [0.15, 0.2) is 0 Å². The molecule has 0 unspecified atom stereocenters. The SMILES string of the molecule is COc1ccc([N+](=O)[O-])cc1-c1ccc(/C=C(/C#N)c2ccc(F)cc2)o1. The number of rotatable bonds is 5. The molecule has 0 spiro atoms. The van der Waals surface area contributed by atoms with Crippen LogP contribution < -0.4 is 4.74 Å². The Hall–Kier alpha value is -3.92. The zero-order valence-electron chi connectivity index (χ0n) is 14.2. The van der Waals surface area contributed by atoms with E-state index in [1.807, 2.05) is 6.07 Å². The van der Waals surface area contributed by atoms with Crippen LogP contribution in [-0.2, 0) is 0 Å². The van der Waals surface area contributed by atoms with Crippen molar-refractivity contribution in [3.8, 4) is 23.1 Å². The van der Waals surface area contributed by atoms with Gasteiger partial charge >= 0.3 is 0 Å². The number of methoxy groups -OCH3 is 1. The molecule has 0 saturated carbocycles. The van der Waals surface area contributed by atoms with Gasteiger partial charge in [0, 0.05) is 12.1 Å². The molecule has 0 aliphatic rings. The first-order valence-corrected chi connectivity index (χ1v) is 7.82. The lowest BCUT2D eigenvalue weighted by Gasteiger charge is -2.05. The van der Waals surface area contributed by atoms with E-state index in [4.69, 9.17) is 9.15 Å². The van der Waals surface area contributed by atoms with Crippen LogP contribution in [0.15, 0.2) is 59.0 Å². The van der Waals surface area contributed by atoms with Crippen LogP contribution in [0.3, 0.4) is 0 Å². The van der Waals surface area contributed by atoms with Crippen molar-refractivity contribution in [2.45, 2.75) is 0 Å². The van der Waals surface area contributed by atoms with Crippen molar-refractivity contribution >= 4 is 17.3 Å². The molecular formula is C20H13FN2O4. The standard InChI is InChI=1S/C20H13FN2O4/c1-26-19-8-6-16(23(24)25)11-18(19)20-9-7-17(27-20)10-14(12-22)13-2-4-15(21)5-3-13/h2-11H,1H3/b14-10-. The van der Waals surface area contributed by atoms with E-state index in [-0.39, 0.29) is 5.69 Å². The molecule has 134 valence electrons. The number of benzene rings is 2. The van der Waals surface area contributed by atoms with Gasteiger partial charge in [0.05, 0.1) is 29.2 Å². The molecule has 0 fully saturated rings. The van der Waals surface area contributed by atoms with Crippen LogP contribution in [0, 0.1) is 27.3 Å². The molecular weight excluding hydrogens is 351 g/mol. The third kappa shape index (κ3) is 3.85. The van der Waals surface area contributed by atoms with E-state index in [0.717, 1.165) is 0 Å². The molecule has 0 aliphatic carbocycles. The lowest BCUT2D eigenvalue weighted by Crippen LogP contribution is -1.91. The lowest BCUT2D eigenvalue weighted by atomic mass is 10.1. The highest BCUT2D eigenvalue weighted by atomic mass is 19.1. The summed E-state index contributed by atoms with van der Waals surface area (Å²) in [6.07, 6.45) is 1.51. The van der Waals surface area contributed by atoms with E-state index in [9.17, 15) is 19.8 Å². The average molecular weight is 364 g/mol. The minimum atomic E-state index is -0.505. The number of hydrogen-bond donors (Lipinski definition) is 0. The Morgan fingerprint density at radius 1 is 1.22 bits per heavy atom. The second-order valence-corrected chi connectivity index (χ2v) is 5.52. The summed E-state index contributed by atoms with van der Waals surface area (Å²) in [5.74, 6) is 0.760. The molecule has 0 amide bonds. The van der Waals surface area contributed by atoms with E-state index in [1.165, 1.54) is 55.7 Å². The summed E-state index contributed by atoms with van der Waals surface area (Å²) in [5.41, 5.74) is 1.17. The Morgan fingerprint density at radius 3 is 2.59 bits per heavy atom. The fourth-order valence-corrected chi connectivity index (χ4v) is 2.53. The first kappa shape index (κ1) is 17.9. The summed E-state index contributed by atoms with van der Waals surface area (Å²) in [6.45, 7) is 0. The Bertz CT molecular complexity index is 1060. The molecule has 3 rings (SSSR count). The molecule has 7 heteroatoms. The van der Waals surface area contributed by atoms with Crippen molar-refractivity contribution in [1.29, 1.82) is 5.26 Å². The Morgan fingerprint density at radius 2 is 1.96 bits per heavy atom. The van der Waals surface area contributed by atoms with E-state index >= 15 is 0 Å². The maximum absolute atomic E-state index is 13.1. The van der Waals surface area contributed by atoms with Gasteiger partial charge in [-0.2, -0.15) is 5.26 Å². The molecule has 0 bridgehead atoms. The number of nitro groups is 1. The number of non-ortho nitro benzene ring substituents is 1. The molecule has 1 heterocycles. The molecule has 1 aromatic heterocycles. The smallest absolute Gasteiger partial charge is 0.270 e. The number of nitrogens with zero attached hydrogens (tertiary/aromatic N) is 2. The highest BCUT2D eigenvalue weighted by molar-refractivity contribution is 5.89. The highest BCUT2D eigenvalue weighted by Gasteiger charge is 2.16. The van der Waals surface area contributed by atoms with Crippen molar-refractivity contribution in [3.05, 3.63) is 81.9 Å². The van der Waals surface area contributed by atoms with Crippen LogP contribution in [0.25, 0.3) is 23.0 Å². The van der Waals surface area contributed by atoms with E-state index < -0.39 is 10.7 Å². The second kappa shape index (κ2) is 7.54. The van der Waals surface area contributed by atoms with Crippen LogP contribution >= 0.6 is 0 Å². The van der Waals surface area contributed by atoms with Gasteiger partial charge < -0.3 is 9.15 Å². The van der Waals surface area contributed by atoms with Crippen molar-refractivity contribution in [2.75, 3.05) is 7.11 Å². The maximum atomic E-state index is 13.1. The minimum absolute atomic E-state index is 0.0941. The van der Waals surface area contributed by atoms with Gasteiger partial charge in [-0.05, 0) is 42.0 Å². The summed E-state index contributed by atoms with van der Waals surface area (Å²) in [4.78, 5) is 10.5. The predicted molar refractivity (Wildman–Crippen MR) is 97.2 cm³/mol. The topological polar surface area (TPSA) is 89.3 Å². The third-order valence-electron chi connectivity index (χ3n) is 3.85. The van der Waals surface area contributed by atoms with Crippen molar-refractivity contribution in [3.63, 3.8) is 0 Å². The number of halogens is 1. The first-order chi connectivity index (χ1) is 13.0. The van der Waals surface area contributed by atoms with Gasteiger partial charge in [-0.15, -0.1) is 0 Å². The molecule has 6 nitrogen and oxygen atoms in total. The first-order valence-electron chi connectivity index (χ1n) is 7.82. The van der Waals surface area contributed by atoms with Gasteiger partial charge in [0.2, 0.25) is 0 Å². The largest absolute Gasteiger partial charge is 0.496 e. The van der Waals surface area contributed by atoms with E-state index in [1.54, 1.807) is 12.1 Å². The third-order valence-corrected chi connectivity index (χ3v) is 3.85. The molecule has 0 radical (unpaired) electrons. The fraction of sp³-hybridized carbons (Fsp3) is 0.0500. The van der Waals surface area contributed by atoms with E-state index in [0.29, 0.717) is 34.0 Å². The Balaban J connectivity index is 1.99. The summed E-state index contributed by atoms with van der Waals surface area (Å²) in [5, 5.41) is 20.4. The van der Waals surface area contributed by atoms with Crippen LogP contribution in [0.5, 0.6) is 5.75 Å². The van der Waals surface area contributed by atoms with Crippen LogP contribution in [0.1, 0.15) is 11.3 Å². The van der Waals surface area contributed by atoms with Crippen molar-refractivity contribution in [2.24, 2.45) is 0 Å². The van der Waals surface area contributed by atoms with Crippen molar-refractivity contribution in [1.82, 2.24) is 0 Å². The maximum Gasteiger partial charge on any atom is 0.270 e. The number of hydrogen-bond acceptors (Lipinski definition) is 5. The van der Waals surface area contributed by atoms with Gasteiger partial charge in [-0.3, -0.25) is 10.1 Å².